The zero-order valence-electron chi connectivity index (χ0n) is 12.3. The third kappa shape index (κ3) is 2.35. The van der Waals surface area contributed by atoms with Crippen molar-refractivity contribution in [2.45, 2.75) is 76.0 Å². The molecular weight excluding hydrogens is 234 g/mol. The minimum Gasteiger partial charge on any atom is -0.381 e. The zero-order chi connectivity index (χ0) is 12.8. The van der Waals surface area contributed by atoms with Gasteiger partial charge in [-0.05, 0) is 81.5 Å². The summed E-state index contributed by atoms with van der Waals surface area (Å²) < 4.78 is 5.50. The lowest BCUT2D eigenvalue weighted by atomic mass is 9.54. The molecule has 5 fully saturated rings. The van der Waals surface area contributed by atoms with Gasteiger partial charge in [0.25, 0.3) is 0 Å². The van der Waals surface area contributed by atoms with Crippen molar-refractivity contribution < 1.29 is 4.74 Å². The molecule has 2 nitrogen and oxygen atoms in total. The lowest BCUT2D eigenvalue weighted by Crippen LogP contribution is -2.57. The van der Waals surface area contributed by atoms with Crippen molar-refractivity contribution in [2.75, 3.05) is 7.11 Å². The van der Waals surface area contributed by atoms with Crippen LogP contribution in [-0.2, 0) is 4.74 Å². The normalized spacial score (nSPS) is 52.6. The topological polar surface area (TPSA) is 21.3 Å². The Labute approximate surface area is 117 Å². The lowest BCUT2D eigenvalue weighted by Gasteiger charge is -2.55. The van der Waals surface area contributed by atoms with Crippen molar-refractivity contribution >= 4 is 0 Å². The predicted octanol–water partition coefficient (Wildman–Crippen LogP) is 3.36. The maximum absolute atomic E-state index is 5.50. The van der Waals surface area contributed by atoms with E-state index in [9.17, 15) is 0 Å². The highest BCUT2D eigenvalue weighted by atomic mass is 16.5. The average Bonchev–Trinajstić information content (AvgIpc) is 2.43. The standard InChI is InChI=1S/C17H29NO/c1-19-16-4-2-15(3-5-16)18-17-13-7-11-6-12(9-13)10-14(17)8-11/h11-18H,2-10H2,1H3. The summed E-state index contributed by atoms with van der Waals surface area (Å²) in [7, 11) is 1.87. The van der Waals surface area contributed by atoms with Crippen molar-refractivity contribution in [3.05, 3.63) is 0 Å². The molecule has 0 amide bonds. The molecule has 5 rings (SSSR count). The van der Waals surface area contributed by atoms with Gasteiger partial charge >= 0.3 is 0 Å². The Balaban J connectivity index is 1.36. The fourth-order valence-corrected chi connectivity index (χ4v) is 5.93. The quantitative estimate of drug-likeness (QED) is 0.843. The van der Waals surface area contributed by atoms with Crippen LogP contribution in [0, 0.1) is 23.7 Å². The Kier molecular flexibility index (Phi) is 3.35. The minimum absolute atomic E-state index is 0.538. The molecule has 0 aromatic carbocycles. The Morgan fingerprint density at radius 1 is 0.789 bits per heavy atom. The molecule has 0 heterocycles. The van der Waals surface area contributed by atoms with Gasteiger partial charge in [0, 0.05) is 19.2 Å². The van der Waals surface area contributed by atoms with Gasteiger partial charge in [-0.15, -0.1) is 0 Å². The summed E-state index contributed by atoms with van der Waals surface area (Å²) in [5.41, 5.74) is 0. The predicted molar refractivity (Wildman–Crippen MR) is 77.0 cm³/mol. The maximum atomic E-state index is 5.50. The molecule has 108 valence electrons. The van der Waals surface area contributed by atoms with Gasteiger partial charge in [-0.2, -0.15) is 0 Å². The van der Waals surface area contributed by atoms with Gasteiger partial charge in [0.15, 0.2) is 0 Å². The van der Waals surface area contributed by atoms with E-state index in [0.717, 1.165) is 35.8 Å². The van der Waals surface area contributed by atoms with Crippen molar-refractivity contribution in [1.82, 2.24) is 5.32 Å². The number of nitrogens with one attached hydrogen (secondary N) is 1. The van der Waals surface area contributed by atoms with E-state index in [2.05, 4.69) is 5.32 Å². The first-order chi connectivity index (χ1) is 9.31. The van der Waals surface area contributed by atoms with E-state index in [0.29, 0.717) is 6.10 Å². The Bertz CT molecular complexity index is 293. The fourth-order valence-electron chi connectivity index (χ4n) is 5.93. The van der Waals surface area contributed by atoms with Crippen LogP contribution >= 0.6 is 0 Å². The molecule has 0 saturated heterocycles. The van der Waals surface area contributed by atoms with E-state index >= 15 is 0 Å². The molecule has 0 atom stereocenters. The van der Waals surface area contributed by atoms with Gasteiger partial charge in [0.05, 0.1) is 6.10 Å². The molecule has 19 heavy (non-hydrogen) atoms. The summed E-state index contributed by atoms with van der Waals surface area (Å²) in [5, 5.41) is 4.09. The number of ether oxygens (including phenoxy) is 1. The monoisotopic (exact) mass is 263 g/mol. The third-order valence-corrected chi connectivity index (χ3v) is 6.66. The summed E-state index contributed by atoms with van der Waals surface area (Å²) in [4.78, 5) is 0. The Morgan fingerprint density at radius 3 is 1.89 bits per heavy atom. The second-order valence-electron chi connectivity index (χ2n) is 7.83. The van der Waals surface area contributed by atoms with Crippen LogP contribution in [0.5, 0.6) is 0 Å². The van der Waals surface area contributed by atoms with Gasteiger partial charge < -0.3 is 10.1 Å². The Hall–Kier alpha value is -0.0800. The molecule has 0 unspecified atom stereocenters. The van der Waals surface area contributed by atoms with Gasteiger partial charge in [-0.1, -0.05) is 0 Å². The second kappa shape index (κ2) is 5.04. The third-order valence-electron chi connectivity index (χ3n) is 6.66. The van der Waals surface area contributed by atoms with Crippen molar-refractivity contribution in [3.8, 4) is 0 Å². The van der Waals surface area contributed by atoms with Crippen LogP contribution in [0.1, 0.15) is 57.8 Å². The lowest BCUT2D eigenvalue weighted by molar-refractivity contribution is -0.0225. The van der Waals surface area contributed by atoms with E-state index < -0.39 is 0 Å². The number of hydrogen-bond acceptors (Lipinski definition) is 2. The molecule has 5 saturated carbocycles. The molecular formula is C17H29NO. The highest BCUT2D eigenvalue weighted by molar-refractivity contribution is 5.02. The van der Waals surface area contributed by atoms with Crippen LogP contribution in [-0.4, -0.2) is 25.3 Å². The molecule has 5 aliphatic rings. The summed E-state index contributed by atoms with van der Waals surface area (Å²) in [6.07, 6.45) is 13.5. The fraction of sp³-hybridized carbons (Fsp3) is 1.00. The van der Waals surface area contributed by atoms with Crippen LogP contribution in [0.3, 0.4) is 0 Å². The highest BCUT2D eigenvalue weighted by Gasteiger charge is 2.48. The van der Waals surface area contributed by atoms with E-state index in [4.69, 9.17) is 4.74 Å². The summed E-state index contributed by atoms with van der Waals surface area (Å²) in [5.74, 6) is 4.25. The van der Waals surface area contributed by atoms with Crippen molar-refractivity contribution in [3.63, 3.8) is 0 Å². The molecule has 0 spiro atoms. The second-order valence-corrected chi connectivity index (χ2v) is 7.83. The summed E-state index contributed by atoms with van der Waals surface area (Å²) in [6.45, 7) is 0. The van der Waals surface area contributed by atoms with Gasteiger partial charge in [0.1, 0.15) is 0 Å². The smallest absolute Gasteiger partial charge is 0.0572 e. The first-order valence-corrected chi connectivity index (χ1v) is 8.60. The number of rotatable bonds is 3. The molecule has 0 aliphatic heterocycles. The molecule has 4 bridgehead atoms. The van der Waals surface area contributed by atoms with Crippen LogP contribution in [0.15, 0.2) is 0 Å². The van der Waals surface area contributed by atoms with E-state index in [-0.39, 0.29) is 0 Å². The summed E-state index contributed by atoms with van der Waals surface area (Å²) >= 11 is 0. The van der Waals surface area contributed by atoms with Crippen LogP contribution < -0.4 is 5.32 Å². The zero-order valence-corrected chi connectivity index (χ0v) is 12.3. The average molecular weight is 263 g/mol. The van der Waals surface area contributed by atoms with Crippen molar-refractivity contribution in [1.29, 1.82) is 0 Å². The molecule has 1 N–H and O–H groups in total. The first kappa shape index (κ1) is 12.6. The van der Waals surface area contributed by atoms with E-state index in [1.54, 1.807) is 6.42 Å². The van der Waals surface area contributed by atoms with Gasteiger partial charge in [0.2, 0.25) is 0 Å². The van der Waals surface area contributed by atoms with Gasteiger partial charge in [-0.25, -0.2) is 0 Å². The SMILES string of the molecule is COC1CCC(NC2C3CC4CC(C3)CC2C4)CC1. The number of hydrogen-bond donors (Lipinski definition) is 1. The minimum atomic E-state index is 0.538. The molecule has 5 aliphatic carbocycles. The van der Waals surface area contributed by atoms with Crippen molar-refractivity contribution in [2.24, 2.45) is 23.7 Å². The maximum Gasteiger partial charge on any atom is 0.0572 e. The Morgan fingerprint density at radius 2 is 1.37 bits per heavy atom. The molecule has 2 heteroatoms. The first-order valence-electron chi connectivity index (χ1n) is 8.60. The van der Waals surface area contributed by atoms with Crippen LogP contribution in [0.25, 0.3) is 0 Å². The van der Waals surface area contributed by atoms with E-state index in [1.165, 1.54) is 51.4 Å². The summed E-state index contributed by atoms with van der Waals surface area (Å²) in [6, 6.07) is 1.66. The van der Waals surface area contributed by atoms with Gasteiger partial charge in [-0.3, -0.25) is 0 Å². The van der Waals surface area contributed by atoms with Crippen LogP contribution in [0.4, 0.5) is 0 Å². The molecule has 0 aromatic heterocycles. The largest absolute Gasteiger partial charge is 0.381 e. The highest BCUT2D eigenvalue weighted by Crippen LogP contribution is 2.53. The molecule has 0 aromatic rings. The molecule has 0 radical (unpaired) electrons. The van der Waals surface area contributed by atoms with E-state index in [1.807, 2.05) is 7.11 Å². The number of methoxy groups -OCH3 is 1. The van der Waals surface area contributed by atoms with Crippen LogP contribution in [0.2, 0.25) is 0 Å².